The summed E-state index contributed by atoms with van der Waals surface area (Å²) in [4.78, 5) is 12.6. The standard InChI is InChI=1S/C18H13Cl2NO3/c1-23-15-8-3-5-11(18(15)24-2)9-12(10-21)17(22)16-13(19)6-4-7-14(16)20/h3-9H,1-2H3. The molecule has 0 spiro atoms. The molecule has 2 rings (SSSR count). The van der Waals surface area contributed by atoms with Gasteiger partial charge in [-0.05, 0) is 24.3 Å². The van der Waals surface area contributed by atoms with Gasteiger partial charge in [0.1, 0.15) is 11.6 Å². The Morgan fingerprint density at radius 1 is 1.08 bits per heavy atom. The first-order valence-electron chi connectivity index (χ1n) is 6.85. The number of ketones is 1. The van der Waals surface area contributed by atoms with Crippen molar-refractivity contribution in [1.82, 2.24) is 0 Å². The third kappa shape index (κ3) is 3.53. The molecular weight excluding hydrogens is 349 g/mol. The molecule has 0 fully saturated rings. The highest BCUT2D eigenvalue weighted by Gasteiger charge is 2.20. The molecule has 2 aromatic rings. The Balaban J connectivity index is 2.56. The summed E-state index contributed by atoms with van der Waals surface area (Å²) in [5.41, 5.74) is 0.511. The lowest BCUT2D eigenvalue weighted by Gasteiger charge is -2.10. The molecule has 0 aliphatic heterocycles. The van der Waals surface area contributed by atoms with Gasteiger partial charge in [0.2, 0.25) is 5.78 Å². The Morgan fingerprint density at radius 3 is 2.25 bits per heavy atom. The van der Waals surface area contributed by atoms with Crippen LogP contribution in [0.3, 0.4) is 0 Å². The second kappa shape index (κ2) is 7.87. The Hall–Kier alpha value is -2.48. The van der Waals surface area contributed by atoms with E-state index in [1.807, 2.05) is 6.07 Å². The second-order valence-corrected chi connectivity index (χ2v) is 5.49. The van der Waals surface area contributed by atoms with Crippen LogP contribution in [0.4, 0.5) is 0 Å². The molecule has 0 aliphatic rings. The van der Waals surface area contributed by atoms with Crippen molar-refractivity contribution in [1.29, 1.82) is 5.26 Å². The topological polar surface area (TPSA) is 59.3 Å². The Kier molecular flexibility index (Phi) is 5.86. The number of methoxy groups -OCH3 is 2. The summed E-state index contributed by atoms with van der Waals surface area (Å²) < 4.78 is 10.5. The first kappa shape index (κ1) is 17.9. The van der Waals surface area contributed by atoms with Gasteiger partial charge in [0.05, 0.1) is 29.8 Å². The van der Waals surface area contributed by atoms with Crippen LogP contribution in [0.25, 0.3) is 6.08 Å². The number of nitriles is 1. The van der Waals surface area contributed by atoms with Gasteiger partial charge in [-0.1, -0.05) is 41.4 Å². The summed E-state index contributed by atoms with van der Waals surface area (Å²) in [6, 6.07) is 11.8. The molecule has 24 heavy (non-hydrogen) atoms. The van der Waals surface area contributed by atoms with E-state index in [9.17, 15) is 10.1 Å². The molecule has 0 aromatic heterocycles. The van der Waals surface area contributed by atoms with Gasteiger partial charge in [-0.3, -0.25) is 4.79 Å². The molecule has 0 radical (unpaired) electrons. The van der Waals surface area contributed by atoms with E-state index in [0.29, 0.717) is 17.1 Å². The van der Waals surface area contributed by atoms with E-state index >= 15 is 0 Å². The molecule has 0 heterocycles. The zero-order chi connectivity index (χ0) is 17.7. The van der Waals surface area contributed by atoms with E-state index in [1.165, 1.54) is 20.3 Å². The number of nitrogens with zero attached hydrogens (tertiary/aromatic N) is 1. The lowest BCUT2D eigenvalue weighted by molar-refractivity contribution is 0.104. The van der Waals surface area contributed by atoms with Crippen molar-refractivity contribution >= 4 is 35.1 Å². The molecule has 0 unspecified atom stereocenters. The van der Waals surface area contributed by atoms with E-state index in [1.54, 1.807) is 36.4 Å². The van der Waals surface area contributed by atoms with Crippen LogP contribution in [0, 0.1) is 11.3 Å². The van der Waals surface area contributed by atoms with E-state index in [-0.39, 0.29) is 21.2 Å². The van der Waals surface area contributed by atoms with Crippen molar-refractivity contribution in [2.75, 3.05) is 14.2 Å². The number of ether oxygens (including phenoxy) is 2. The second-order valence-electron chi connectivity index (χ2n) is 4.68. The minimum atomic E-state index is -0.557. The molecule has 0 bridgehead atoms. The average molecular weight is 362 g/mol. The molecule has 0 atom stereocenters. The third-order valence-corrected chi connectivity index (χ3v) is 3.92. The average Bonchev–Trinajstić information content (AvgIpc) is 2.58. The van der Waals surface area contributed by atoms with Gasteiger partial charge in [0.25, 0.3) is 0 Å². The fourth-order valence-corrected chi connectivity index (χ4v) is 2.75. The molecule has 4 nitrogen and oxygen atoms in total. The zero-order valence-electron chi connectivity index (χ0n) is 13.0. The third-order valence-electron chi connectivity index (χ3n) is 3.29. The van der Waals surface area contributed by atoms with Crippen LogP contribution >= 0.6 is 23.2 Å². The molecular formula is C18H13Cl2NO3. The summed E-state index contributed by atoms with van der Waals surface area (Å²) in [6.45, 7) is 0. The van der Waals surface area contributed by atoms with Gasteiger partial charge in [-0.25, -0.2) is 0 Å². The predicted octanol–water partition coefficient (Wildman–Crippen LogP) is 4.80. The minimum absolute atomic E-state index is 0.0931. The normalized spacial score (nSPS) is 10.9. The lowest BCUT2D eigenvalue weighted by atomic mass is 10.0. The van der Waals surface area contributed by atoms with Crippen LogP contribution in [0.1, 0.15) is 15.9 Å². The highest BCUT2D eigenvalue weighted by Crippen LogP contribution is 2.33. The number of carbonyl (C=O) groups is 1. The SMILES string of the molecule is COc1cccc(C=C(C#N)C(=O)c2c(Cl)cccc2Cl)c1OC. The number of rotatable bonds is 5. The molecule has 0 amide bonds. The number of carbonyl (C=O) groups excluding carboxylic acids is 1. The fraction of sp³-hybridized carbons (Fsp3) is 0.111. The highest BCUT2D eigenvalue weighted by molar-refractivity contribution is 6.41. The van der Waals surface area contributed by atoms with E-state index in [2.05, 4.69) is 0 Å². The molecule has 0 saturated heterocycles. The minimum Gasteiger partial charge on any atom is -0.493 e. The summed E-state index contributed by atoms with van der Waals surface area (Å²) in [5.74, 6) is 0.357. The van der Waals surface area contributed by atoms with Crippen molar-refractivity contribution in [2.45, 2.75) is 0 Å². The number of para-hydroxylation sites is 1. The van der Waals surface area contributed by atoms with Gasteiger partial charge >= 0.3 is 0 Å². The smallest absolute Gasteiger partial charge is 0.206 e. The maximum atomic E-state index is 12.6. The van der Waals surface area contributed by atoms with Crippen LogP contribution in [0.5, 0.6) is 11.5 Å². The van der Waals surface area contributed by atoms with Crippen LogP contribution in [0.2, 0.25) is 10.0 Å². The Morgan fingerprint density at radius 2 is 1.71 bits per heavy atom. The van der Waals surface area contributed by atoms with Gasteiger partial charge in [-0.2, -0.15) is 5.26 Å². The van der Waals surface area contributed by atoms with Crippen molar-refractivity contribution in [3.05, 3.63) is 63.1 Å². The van der Waals surface area contributed by atoms with Crippen molar-refractivity contribution < 1.29 is 14.3 Å². The van der Waals surface area contributed by atoms with Crippen LogP contribution in [0.15, 0.2) is 42.0 Å². The summed E-state index contributed by atoms with van der Waals surface area (Å²) in [7, 11) is 2.99. The summed E-state index contributed by atoms with van der Waals surface area (Å²) >= 11 is 12.1. The van der Waals surface area contributed by atoms with Gasteiger partial charge in [-0.15, -0.1) is 0 Å². The van der Waals surface area contributed by atoms with E-state index in [0.717, 1.165) is 0 Å². The number of allylic oxidation sites excluding steroid dienone is 1. The molecule has 122 valence electrons. The van der Waals surface area contributed by atoms with Crippen molar-refractivity contribution in [2.24, 2.45) is 0 Å². The largest absolute Gasteiger partial charge is 0.493 e. The monoisotopic (exact) mass is 361 g/mol. The Bertz CT molecular complexity index is 834. The van der Waals surface area contributed by atoms with Crippen LogP contribution in [-0.2, 0) is 0 Å². The quantitative estimate of drug-likeness (QED) is 0.436. The van der Waals surface area contributed by atoms with Crippen LogP contribution < -0.4 is 9.47 Å². The molecule has 2 aromatic carbocycles. The van der Waals surface area contributed by atoms with E-state index < -0.39 is 5.78 Å². The number of hydrogen-bond acceptors (Lipinski definition) is 4. The van der Waals surface area contributed by atoms with Crippen LogP contribution in [-0.4, -0.2) is 20.0 Å². The van der Waals surface area contributed by atoms with Crippen molar-refractivity contribution in [3.63, 3.8) is 0 Å². The maximum Gasteiger partial charge on any atom is 0.206 e. The first-order chi connectivity index (χ1) is 11.5. The predicted molar refractivity (Wildman–Crippen MR) is 93.9 cm³/mol. The molecule has 0 N–H and O–H groups in total. The number of benzene rings is 2. The highest BCUT2D eigenvalue weighted by atomic mass is 35.5. The van der Waals surface area contributed by atoms with Gasteiger partial charge in [0, 0.05) is 5.56 Å². The Labute approximate surface area is 149 Å². The number of halogens is 2. The molecule has 0 aliphatic carbocycles. The van der Waals surface area contributed by atoms with Crippen molar-refractivity contribution in [3.8, 4) is 17.6 Å². The summed E-state index contributed by atoms with van der Waals surface area (Å²) in [6.07, 6.45) is 1.42. The van der Waals surface area contributed by atoms with Gasteiger partial charge < -0.3 is 9.47 Å². The lowest BCUT2D eigenvalue weighted by Crippen LogP contribution is -2.04. The maximum absolute atomic E-state index is 12.6. The zero-order valence-corrected chi connectivity index (χ0v) is 14.5. The number of hydrogen-bond donors (Lipinski definition) is 0. The fourth-order valence-electron chi connectivity index (χ4n) is 2.18. The first-order valence-corrected chi connectivity index (χ1v) is 7.60. The summed E-state index contributed by atoms with van der Waals surface area (Å²) in [5, 5.41) is 9.77. The number of Topliss-reactive ketones (excluding diaryl/α,β-unsaturated/α-hetero) is 1. The molecule has 0 saturated carbocycles. The molecule has 6 heteroatoms. The van der Waals surface area contributed by atoms with E-state index in [4.69, 9.17) is 32.7 Å². The van der Waals surface area contributed by atoms with Gasteiger partial charge in [0.15, 0.2) is 11.5 Å².